The molecule has 0 radical (unpaired) electrons. The number of carbonyl (C=O) groups excluding carboxylic acids is 3. The van der Waals surface area contributed by atoms with E-state index in [9.17, 15) is 14.4 Å². The first-order chi connectivity index (χ1) is 11.9. The number of nitrogens with one attached hydrogen (secondary N) is 2. The van der Waals surface area contributed by atoms with Gasteiger partial charge in [0.05, 0.1) is 11.3 Å². The Kier molecular flexibility index (Phi) is 4.45. The molecule has 1 aromatic rings. The van der Waals surface area contributed by atoms with Gasteiger partial charge in [0.25, 0.3) is 5.91 Å². The van der Waals surface area contributed by atoms with Gasteiger partial charge >= 0.3 is 6.03 Å². The molecule has 1 aromatic carbocycles. The highest BCUT2D eigenvalue weighted by Gasteiger charge is 2.52. The van der Waals surface area contributed by atoms with E-state index in [1.165, 1.54) is 0 Å². The van der Waals surface area contributed by atoms with E-state index in [4.69, 9.17) is 5.26 Å². The van der Waals surface area contributed by atoms with E-state index in [1.807, 2.05) is 6.07 Å². The molecule has 25 heavy (non-hydrogen) atoms. The predicted molar refractivity (Wildman–Crippen MR) is 90.4 cm³/mol. The van der Waals surface area contributed by atoms with E-state index >= 15 is 0 Å². The van der Waals surface area contributed by atoms with Gasteiger partial charge in [-0.05, 0) is 43.7 Å². The number of benzene rings is 1. The topological polar surface area (TPSA) is 102 Å². The lowest BCUT2D eigenvalue weighted by molar-refractivity contribution is -0.135. The van der Waals surface area contributed by atoms with Crippen molar-refractivity contribution in [2.75, 3.05) is 11.9 Å². The fraction of sp³-hybridized carbons (Fsp3) is 0.444. The Morgan fingerprint density at radius 1 is 1.36 bits per heavy atom. The maximum absolute atomic E-state index is 12.7. The third-order valence-electron chi connectivity index (χ3n) is 5.00. The number of urea groups is 1. The highest BCUT2D eigenvalue weighted by molar-refractivity contribution is 6.10. The van der Waals surface area contributed by atoms with Crippen LogP contribution in [0.15, 0.2) is 24.3 Å². The second-order valence-corrected chi connectivity index (χ2v) is 6.79. The molecule has 1 aliphatic heterocycles. The van der Waals surface area contributed by atoms with Gasteiger partial charge in [-0.15, -0.1) is 0 Å². The number of anilines is 1. The zero-order valence-corrected chi connectivity index (χ0v) is 14.0. The summed E-state index contributed by atoms with van der Waals surface area (Å²) < 4.78 is 0. The lowest BCUT2D eigenvalue weighted by Crippen LogP contribution is -2.49. The van der Waals surface area contributed by atoms with Crippen LogP contribution in [0.3, 0.4) is 0 Å². The number of para-hydroxylation sites is 1. The average molecular weight is 340 g/mol. The summed E-state index contributed by atoms with van der Waals surface area (Å²) in [7, 11) is 0. The summed E-state index contributed by atoms with van der Waals surface area (Å²) in [6, 6.07) is 8.04. The van der Waals surface area contributed by atoms with Gasteiger partial charge in [-0.25, -0.2) is 4.79 Å². The Morgan fingerprint density at radius 3 is 2.72 bits per heavy atom. The number of nitrogens with zero attached hydrogens (tertiary/aromatic N) is 2. The largest absolute Gasteiger partial charge is 0.325 e. The predicted octanol–water partition coefficient (Wildman–Crippen LogP) is 2.00. The highest BCUT2D eigenvalue weighted by atomic mass is 16.2. The van der Waals surface area contributed by atoms with Crippen molar-refractivity contribution in [3.8, 4) is 6.07 Å². The quantitative estimate of drug-likeness (QED) is 0.822. The maximum Gasteiger partial charge on any atom is 0.325 e. The lowest BCUT2D eigenvalue weighted by Gasteiger charge is -2.33. The molecule has 0 aromatic heterocycles. The molecular weight excluding hydrogens is 320 g/mol. The molecule has 1 spiro atoms. The summed E-state index contributed by atoms with van der Waals surface area (Å²) in [5.74, 6) is -0.296. The summed E-state index contributed by atoms with van der Waals surface area (Å²) >= 11 is 0. The van der Waals surface area contributed by atoms with Crippen molar-refractivity contribution < 1.29 is 14.4 Å². The Labute approximate surface area is 146 Å². The Hall–Kier alpha value is -2.88. The van der Waals surface area contributed by atoms with Crippen LogP contribution in [0.1, 0.15) is 38.2 Å². The van der Waals surface area contributed by atoms with Crippen LogP contribution in [0.4, 0.5) is 10.5 Å². The summed E-state index contributed by atoms with van der Waals surface area (Å²) in [5, 5.41) is 14.4. The van der Waals surface area contributed by atoms with Crippen molar-refractivity contribution >= 4 is 23.5 Å². The standard InChI is InChI=1S/C18H20N4O3/c1-12-6-8-18(9-7-12)16(24)22(17(25)21-18)11-15(23)20-14-5-3-2-4-13(14)10-19/h2-5,12H,6-9,11H2,1H3,(H,20,23)(H,21,25). The zero-order chi connectivity index (χ0) is 18.0. The molecule has 7 heteroatoms. The van der Waals surface area contributed by atoms with Crippen LogP contribution in [0, 0.1) is 17.2 Å². The molecule has 130 valence electrons. The summed E-state index contributed by atoms with van der Waals surface area (Å²) in [5.41, 5.74) is -0.164. The number of nitriles is 1. The molecule has 2 N–H and O–H groups in total. The minimum Gasteiger partial charge on any atom is -0.323 e. The molecule has 3 rings (SSSR count). The molecule has 4 amide bonds. The zero-order valence-electron chi connectivity index (χ0n) is 14.0. The van der Waals surface area contributed by atoms with Crippen molar-refractivity contribution in [3.63, 3.8) is 0 Å². The fourth-order valence-electron chi connectivity index (χ4n) is 3.44. The van der Waals surface area contributed by atoms with Crippen LogP contribution < -0.4 is 10.6 Å². The minimum atomic E-state index is -0.853. The molecule has 7 nitrogen and oxygen atoms in total. The number of hydrogen-bond acceptors (Lipinski definition) is 4. The van der Waals surface area contributed by atoms with Gasteiger partial charge in [0, 0.05) is 0 Å². The first-order valence-electron chi connectivity index (χ1n) is 8.38. The molecule has 2 fully saturated rings. The maximum atomic E-state index is 12.7. The second-order valence-electron chi connectivity index (χ2n) is 6.79. The van der Waals surface area contributed by atoms with E-state index < -0.39 is 17.5 Å². The van der Waals surface area contributed by atoms with Gasteiger partial charge in [-0.3, -0.25) is 14.5 Å². The summed E-state index contributed by atoms with van der Waals surface area (Å²) in [4.78, 5) is 38.2. The third-order valence-corrected chi connectivity index (χ3v) is 5.00. The summed E-state index contributed by atoms with van der Waals surface area (Å²) in [6.07, 6.45) is 2.96. The van der Waals surface area contributed by atoms with E-state index in [0.717, 1.165) is 17.7 Å². The van der Waals surface area contributed by atoms with Crippen molar-refractivity contribution in [1.82, 2.24) is 10.2 Å². The van der Waals surface area contributed by atoms with Crippen LogP contribution in [-0.2, 0) is 9.59 Å². The molecule has 1 heterocycles. The van der Waals surface area contributed by atoms with E-state index in [-0.39, 0.29) is 12.5 Å². The number of amides is 4. The first kappa shape index (κ1) is 17.0. The second kappa shape index (κ2) is 6.55. The first-order valence-corrected chi connectivity index (χ1v) is 8.38. The Morgan fingerprint density at radius 2 is 2.04 bits per heavy atom. The van der Waals surface area contributed by atoms with Crippen molar-refractivity contribution in [2.24, 2.45) is 5.92 Å². The fourth-order valence-corrected chi connectivity index (χ4v) is 3.44. The van der Waals surface area contributed by atoms with Gasteiger partial charge in [0.15, 0.2) is 0 Å². The smallest absolute Gasteiger partial charge is 0.323 e. The molecule has 0 atom stereocenters. The molecular formula is C18H20N4O3. The van der Waals surface area contributed by atoms with Crippen molar-refractivity contribution in [3.05, 3.63) is 29.8 Å². The minimum absolute atomic E-state index is 0.325. The monoisotopic (exact) mass is 340 g/mol. The van der Waals surface area contributed by atoms with Gasteiger partial charge < -0.3 is 10.6 Å². The molecule has 0 bridgehead atoms. The number of imide groups is 1. The molecule has 1 saturated carbocycles. The third kappa shape index (κ3) is 3.20. The summed E-state index contributed by atoms with van der Waals surface area (Å²) in [6.45, 7) is 1.77. The SMILES string of the molecule is CC1CCC2(CC1)NC(=O)N(CC(=O)Nc1ccccc1C#N)C2=O. The van der Waals surface area contributed by atoms with E-state index in [0.29, 0.717) is 30.0 Å². The van der Waals surface area contributed by atoms with Crippen LogP contribution >= 0.6 is 0 Å². The Balaban J connectivity index is 1.68. The van der Waals surface area contributed by atoms with Gasteiger partial charge in [0.1, 0.15) is 18.2 Å². The number of carbonyl (C=O) groups is 3. The van der Waals surface area contributed by atoms with Crippen molar-refractivity contribution in [2.45, 2.75) is 38.1 Å². The van der Waals surface area contributed by atoms with Gasteiger partial charge in [-0.1, -0.05) is 19.1 Å². The molecule has 2 aliphatic rings. The van der Waals surface area contributed by atoms with Crippen LogP contribution in [0.25, 0.3) is 0 Å². The molecule has 1 saturated heterocycles. The van der Waals surface area contributed by atoms with E-state index in [2.05, 4.69) is 17.6 Å². The van der Waals surface area contributed by atoms with Crippen LogP contribution in [-0.4, -0.2) is 34.8 Å². The highest BCUT2D eigenvalue weighted by Crippen LogP contribution is 2.36. The lowest BCUT2D eigenvalue weighted by atomic mass is 9.77. The number of hydrogen-bond donors (Lipinski definition) is 2. The molecule has 1 aliphatic carbocycles. The van der Waals surface area contributed by atoms with E-state index in [1.54, 1.807) is 24.3 Å². The number of rotatable bonds is 3. The van der Waals surface area contributed by atoms with Crippen molar-refractivity contribution in [1.29, 1.82) is 5.26 Å². The van der Waals surface area contributed by atoms with Gasteiger partial charge in [-0.2, -0.15) is 5.26 Å². The average Bonchev–Trinajstić information content (AvgIpc) is 2.82. The van der Waals surface area contributed by atoms with Crippen LogP contribution in [0.2, 0.25) is 0 Å². The molecule has 0 unspecified atom stereocenters. The Bertz CT molecular complexity index is 760. The van der Waals surface area contributed by atoms with Crippen LogP contribution in [0.5, 0.6) is 0 Å². The van der Waals surface area contributed by atoms with Gasteiger partial charge in [0.2, 0.25) is 5.91 Å². The normalized spacial score (nSPS) is 25.6.